The maximum atomic E-state index is 13.8. The number of amides is 2. The van der Waals surface area contributed by atoms with E-state index in [0.717, 1.165) is 16.1 Å². The summed E-state index contributed by atoms with van der Waals surface area (Å²) >= 11 is 1.02. The van der Waals surface area contributed by atoms with Crippen LogP contribution >= 0.6 is 11.5 Å². The summed E-state index contributed by atoms with van der Waals surface area (Å²) in [6, 6.07) is 0.908. The van der Waals surface area contributed by atoms with E-state index in [0.29, 0.717) is 0 Å². The summed E-state index contributed by atoms with van der Waals surface area (Å²) < 4.78 is 63.9. The second kappa shape index (κ2) is 13.0. The van der Waals surface area contributed by atoms with Gasteiger partial charge in [0.05, 0.1) is 6.42 Å². The molecule has 16 heteroatoms. The van der Waals surface area contributed by atoms with Crippen molar-refractivity contribution in [1.82, 2.24) is 14.3 Å². The van der Waals surface area contributed by atoms with Crippen LogP contribution in [0.25, 0.3) is 0 Å². The van der Waals surface area contributed by atoms with Gasteiger partial charge in [-0.1, -0.05) is 6.92 Å². The standard InChI is InChI=1S/C24H20F4N4O7S/c1-2-16(32-6-3-4-14(24(32)38)29-22(36)13-5-7-40-31-13)23(37)30-15(9-18(34)35)17(33)10-39-21-19(27)11(25)8-12(26)20(21)28/h3-8,15-16H,2,9-10H2,1H3,(H,29,36)(H,30,37)(H,34,35)/t15?,16-/m0/s1. The molecule has 3 aromatic rings. The van der Waals surface area contributed by atoms with Crippen LogP contribution in [0.5, 0.6) is 5.75 Å². The van der Waals surface area contributed by atoms with E-state index in [-0.39, 0.29) is 23.9 Å². The molecule has 1 unspecified atom stereocenters. The van der Waals surface area contributed by atoms with Gasteiger partial charge < -0.3 is 25.0 Å². The second-order valence-electron chi connectivity index (χ2n) is 8.11. The summed E-state index contributed by atoms with van der Waals surface area (Å²) in [5.41, 5.74) is -0.927. The van der Waals surface area contributed by atoms with Crippen LogP contribution in [-0.2, 0) is 14.4 Å². The van der Waals surface area contributed by atoms with Gasteiger partial charge in [0.25, 0.3) is 11.5 Å². The van der Waals surface area contributed by atoms with Crippen molar-refractivity contribution in [1.29, 1.82) is 0 Å². The van der Waals surface area contributed by atoms with Crippen molar-refractivity contribution in [3.8, 4) is 5.75 Å². The molecule has 2 atom stereocenters. The Bertz CT molecular complexity index is 1470. The van der Waals surface area contributed by atoms with Crippen molar-refractivity contribution in [2.24, 2.45) is 0 Å². The molecule has 0 bridgehead atoms. The van der Waals surface area contributed by atoms with Crippen LogP contribution < -0.4 is 20.9 Å². The number of carboxylic acids is 1. The number of carboxylic acid groups (broad SMARTS) is 1. The van der Waals surface area contributed by atoms with Crippen LogP contribution in [0.2, 0.25) is 0 Å². The summed E-state index contributed by atoms with van der Waals surface area (Å²) in [4.78, 5) is 62.3. The number of ether oxygens (including phenoxy) is 1. The number of carbonyl (C=O) groups excluding carboxylic acids is 3. The van der Waals surface area contributed by atoms with Gasteiger partial charge in [0, 0.05) is 17.6 Å². The van der Waals surface area contributed by atoms with Crippen molar-refractivity contribution in [2.75, 3.05) is 11.9 Å². The third-order valence-corrected chi connectivity index (χ3v) is 5.99. The zero-order chi connectivity index (χ0) is 29.6. The minimum absolute atomic E-state index is 0.0291. The number of aromatic nitrogens is 2. The summed E-state index contributed by atoms with van der Waals surface area (Å²) in [5, 5.41) is 15.3. The molecular weight excluding hydrogens is 564 g/mol. The molecule has 1 aromatic carbocycles. The van der Waals surface area contributed by atoms with Gasteiger partial charge in [0.2, 0.25) is 17.5 Å². The number of benzene rings is 1. The molecule has 0 radical (unpaired) electrons. The molecule has 212 valence electrons. The first-order chi connectivity index (χ1) is 18.9. The number of nitrogens with one attached hydrogen (secondary N) is 2. The number of hydrogen-bond acceptors (Lipinski definition) is 8. The quantitative estimate of drug-likeness (QED) is 0.217. The molecule has 40 heavy (non-hydrogen) atoms. The van der Waals surface area contributed by atoms with Gasteiger partial charge in [-0.3, -0.25) is 24.0 Å². The predicted octanol–water partition coefficient (Wildman–Crippen LogP) is 2.67. The fourth-order valence-corrected chi connectivity index (χ4v) is 3.99. The lowest BCUT2D eigenvalue weighted by Gasteiger charge is -2.22. The Hall–Kier alpha value is -4.60. The lowest BCUT2D eigenvalue weighted by atomic mass is 10.1. The third-order valence-electron chi connectivity index (χ3n) is 5.43. The SMILES string of the molecule is CC[C@@H](C(=O)NC(CC(=O)O)C(=O)COc1c(F)c(F)cc(F)c1F)n1cccc(NC(=O)c2ccsn2)c1=O. The number of aliphatic carboxylic acids is 1. The number of anilines is 1. The van der Waals surface area contributed by atoms with E-state index in [9.17, 15) is 46.6 Å². The summed E-state index contributed by atoms with van der Waals surface area (Å²) in [7, 11) is 0. The van der Waals surface area contributed by atoms with Gasteiger partial charge in [-0.2, -0.15) is 13.2 Å². The van der Waals surface area contributed by atoms with Gasteiger partial charge in [-0.15, -0.1) is 0 Å². The fraction of sp³-hybridized carbons (Fsp3) is 0.250. The first kappa shape index (κ1) is 29.9. The Morgan fingerprint density at radius 2 is 1.80 bits per heavy atom. The number of hydrogen-bond donors (Lipinski definition) is 3. The molecule has 2 amide bonds. The van der Waals surface area contributed by atoms with Crippen molar-refractivity contribution < 1.29 is 46.6 Å². The van der Waals surface area contributed by atoms with Crippen molar-refractivity contribution in [3.05, 3.63) is 75.2 Å². The van der Waals surface area contributed by atoms with Gasteiger partial charge >= 0.3 is 5.97 Å². The summed E-state index contributed by atoms with van der Waals surface area (Å²) in [6.07, 6.45) is 0.208. The normalized spacial score (nSPS) is 12.3. The number of halogens is 4. The lowest BCUT2D eigenvalue weighted by Crippen LogP contribution is -2.48. The van der Waals surface area contributed by atoms with Gasteiger partial charge in [0.15, 0.2) is 23.2 Å². The minimum Gasteiger partial charge on any atom is -0.481 e. The van der Waals surface area contributed by atoms with E-state index >= 15 is 0 Å². The second-order valence-corrected chi connectivity index (χ2v) is 8.77. The molecule has 0 fully saturated rings. The van der Waals surface area contributed by atoms with Gasteiger partial charge in [0.1, 0.15) is 30.1 Å². The molecule has 3 rings (SSSR count). The van der Waals surface area contributed by atoms with E-state index in [1.54, 1.807) is 5.38 Å². The van der Waals surface area contributed by atoms with Crippen molar-refractivity contribution in [3.63, 3.8) is 0 Å². The molecule has 0 spiro atoms. The number of rotatable bonds is 12. The van der Waals surface area contributed by atoms with Crippen LogP contribution in [0.3, 0.4) is 0 Å². The summed E-state index contributed by atoms with van der Waals surface area (Å²) in [6.45, 7) is 0.252. The Morgan fingerprint density at radius 1 is 1.12 bits per heavy atom. The first-order valence-corrected chi connectivity index (χ1v) is 12.2. The fourth-order valence-electron chi connectivity index (χ4n) is 3.48. The number of ketones is 1. The molecule has 2 aromatic heterocycles. The predicted molar refractivity (Wildman–Crippen MR) is 131 cm³/mol. The van der Waals surface area contributed by atoms with Crippen LogP contribution in [0.4, 0.5) is 23.2 Å². The highest BCUT2D eigenvalue weighted by Gasteiger charge is 2.30. The van der Waals surface area contributed by atoms with E-state index in [4.69, 9.17) is 0 Å². The molecule has 0 aliphatic heterocycles. The van der Waals surface area contributed by atoms with Crippen LogP contribution in [0.1, 0.15) is 36.3 Å². The van der Waals surface area contributed by atoms with Crippen molar-refractivity contribution in [2.45, 2.75) is 31.8 Å². The topological polar surface area (TPSA) is 157 Å². The molecule has 2 heterocycles. The average molecular weight is 585 g/mol. The van der Waals surface area contributed by atoms with Gasteiger partial charge in [-0.25, -0.2) is 8.78 Å². The van der Waals surface area contributed by atoms with E-state index < -0.39 is 83.3 Å². The Balaban J connectivity index is 1.79. The number of pyridine rings is 1. The maximum absolute atomic E-state index is 13.8. The Labute approximate surface area is 226 Å². The summed E-state index contributed by atoms with van der Waals surface area (Å²) in [5.74, 6) is -13.4. The molecule has 0 saturated carbocycles. The smallest absolute Gasteiger partial charge is 0.305 e. The monoisotopic (exact) mass is 584 g/mol. The number of nitrogens with zero attached hydrogens (tertiary/aromatic N) is 2. The maximum Gasteiger partial charge on any atom is 0.305 e. The highest BCUT2D eigenvalue weighted by atomic mass is 32.1. The van der Waals surface area contributed by atoms with E-state index in [1.165, 1.54) is 31.3 Å². The van der Waals surface area contributed by atoms with Crippen LogP contribution in [-0.4, -0.2) is 50.3 Å². The highest BCUT2D eigenvalue weighted by molar-refractivity contribution is 7.03. The molecule has 0 aliphatic rings. The zero-order valence-electron chi connectivity index (χ0n) is 20.5. The van der Waals surface area contributed by atoms with Gasteiger partial charge in [-0.05, 0) is 36.2 Å². The highest BCUT2D eigenvalue weighted by Crippen LogP contribution is 2.26. The molecule has 3 N–H and O–H groups in total. The molecular formula is C24H20F4N4O7S. The Morgan fingerprint density at radius 3 is 2.38 bits per heavy atom. The minimum atomic E-state index is -1.92. The zero-order valence-corrected chi connectivity index (χ0v) is 21.3. The first-order valence-electron chi connectivity index (χ1n) is 11.4. The number of Topliss-reactive ketones (excluding diaryl/α,β-unsaturated/α-hetero) is 1. The van der Waals surface area contributed by atoms with E-state index in [2.05, 4.69) is 19.7 Å². The van der Waals surface area contributed by atoms with Crippen LogP contribution in [0.15, 0.2) is 40.6 Å². The Kier molecular flexibility index (Phi) is 9.71. The number of carbonyl (C=O) groups is 4. The molecule has 0 aliphatic carbocycles. The largest absolute Gasteiger partial charge is 0.481 e. The lowest BCUT2D eigenvalue weighted by molar-refractivity contribution is -0.140. The van der Waals surface area contributed by atoms with Crippen LogP contribution in [0, 0.1) is 23.3 Å². The van der Waals surface area contributed by atoms with E-state index in [1.807, 2.05) is 0 Å². The average Bonchev–Trinajstić information content (AvgIpc) is 3.44. The van der Waals surface area contributed by atoms with Crippen molar-refractivity contribution >= 4 is 40.8 Å². The third kappa shape index (κ3) is 6.88. The molecule has 0 saturated heterocycles. The molecule has 11 nitrogen and oxygen atoms in total.